The van der Waals surface area contributed by atoms with Gasteiger partial charge in [-0.3, -0.25) is 0 Å². The van der Waals surface area contributed by atoms with Gasteiger partial charge < -0.3 is 5.32 Å². The Labute approximate surface area is 126 Å². The number of fused-ring (bicyclic) bond motifs is 2. The standard InChI is InChI=1S/C19H35N/c1-18(2,3)20-14-19(9-5-4-6-10-19)13-17-12-15-7-8-16(17)11-15/h15-17,20H,4-14H2,1-3H3. The van der Waals surface area contributed by atoms with E-state index in [9.17, 15) is 0 Å². The molecule has 0 aromatic carbocycles. The van der Waals surface area contributed by atoms with Crippen LogP contribution in [0.3, 0.4) is 0 Å². The fourth-order valence-corrected chi connectivity index (χ4v) is 5.39. The Hall–Kier alpha value is -0.0400. The summed E-state index contributed by atoms with van der Waals surface area (Å²) in [5.41, 5.74) is 0.916. The largest absolute Gasteiger partial charge is 0.312 e. The van der Waals surface area contributed by atoms with Crippen molar-refractivity contribution in [2.45, 2.75) is 90.5 Å². The van der Waals surface area contributed by atoms with Crippen LogP contribution in [0.25, 0.3) is 0 Å². The fourth-order valence-electron chi connectivity index (χ4n) is 5.39. The van der Waals surface area contributed by atoms with E-state index in [4.69, 9.17) is 0 Å². The minimum atomic E-state index is 0.277. The molecule has 3 unspecified atom stereocenters. The van der Waals surface area contributed by atoms with E-state index < -0.39 is 0 Å². The fraction of sp³-hybridized carbons (Fsp3) is 1.00. The SMILES string of the molecule is CC(C)(C)NCC1(CC2CC3CCC2C3)CCCCC1. The lowest BCUT2D eigenvalue weighted by atomic mass is 9.66. The molecule has 3 aliphatic carbocycles. The topological polar surface area (TPSA) is 12.0 Å². The Balaban J connectivity index is 1.63. The van der Waals surface area contributed by atoms with Crippen LogP contribution in [0.15, 0.2) is 0 Å². The molecule has 0 aromatic heterocycles. The Morgan fingerprint density at radius 3 is 2.30 bits per heavy atom. The molecule has 0 heterocycles. The van der Waals surface area contributed by atoms with E-state index >= 15 is 0 Å². The number of rotatable bonds is 4. The lowest BCUT2D eigenvalue weighted by molar-refractivity contribution is 0.107. The van der Waals surface area contributed by atoms with Crippen LogP contribution in [0.5, 0.6) is 0 Å². The van der Waals surface area contributed by atoms with Gasteiger partial charge in [0.1, 0.15) is 0 Å². The molecule has 0 radical (unpaired) electrons. The van der Waals surface area contributed by atoms with E-state index in [1.807, 2.05) is 0 Å². The molecule has 0 aromatic rings. The van der Waals surface area contributed by atoms with Gasteiger partial charge in [-0.2, -0.15) is 0 Å². The van der Waals surface area contributed by atoms with Crippen molar-refractivity contribution < 1.29 is 0 Å². The minimum Gasteiger partial charge on any atom is -0.312 e. The van der Waals surface area contributed by atoms with Gasteiger partial charge >= 0.3 is 0 Å². The zero-order valence-electron chi connectivity index (χ0n) is 14.0. The predicted octanol–water partition coefficient (Wildman–Crippen LogP) is 5.15. The molecule has 20 heavy (non-hydrogen) atoms. The van der Waals surface area contributed by atoms with E-state index in [-0.39, 0.29) is 5.54 Å². The van der Waals surface area contributed by atoms with Gasteiger partial charge in [0.05, 0.1) is 0 Å². The molecule has 2 bridgehead atoms. The van der Waals surface area contributed by atoms with Crippen LogP contribution in [0, 0.1) is 23.2 Å². The summed E-state index contributed by atoms with van der Waals surface area (Å²) in [5.74, 6) is 3.29. The van der Waals surface area contributed by atoms with E-state index in [2.05, 4.69) is 26.1 Å². The minimum absolute atomic E-state index is 0.277. The van der Waals surface area contributed by atoms with Crippen molar-refractivity contribution in [3.8, 4) is 0 Å². The molecule has 3 saturated carbocycles. The summed E-state index contributed by atoms with van der Waals surface area (Å²) in [6.45, 7) is 8.23. The zero-order valence-corrected chi connectivity index (χ0v) is 14.0. The average molecular weight is 277 g/mol. The highest BCUT2D eigenvalue weighted by Gasteiger charge is 2.44. The molecular weight excluding hydrogens is 242 g/mol. The molecule has 3 fully saturated rings. The van der Waals surface area contributed by atoms with Crippen LogP contribution >= 0.6 is 0 Å². The average Bonchev–Trinajstić information content (AvgIpc) is 2.99. The second kappa shape index (κ2) is 5.63. The summed E-state index contributed by atoms with van der Waals surface area (Å²) < 4.78 is 0. The first-order chi connectivity index (χ1) is 9.46. The van der Waals surface area contributed by atoms with Crippen molar-refractivity contribution in [2.24, 2.45) is 23.2 Å². The van der Waals surface area contributed by atoms with Crippen molar-refractivity contribution in [3.63, 3.8) is 0 Å². The molecule has 1 nitrogen and oxygen atoms in total. The smallest absolute Gasteiger partial charge is 0.00967 e. The van der Waals surface area contributed by atoms with E-state index in [1.54, 1.807) is 25.7 Å². The molecular formula is C19H35N. The first-order valence-corrected chi connectivity index (χ1v) is 9.21. The number of nitrogens with one attached hydrogen (secondary N) is 1. The first-order valence-electron chi connectivity index (χ1n) is 9.21. The van der Waals surface area contributed by atoms with Gasteiger partial charge in [0, 0.05) is 12.1 Å². The van der Waals surface area contributed by atoms with Gasteiger partial charge in [0.15, 0.2) is 0 Å². The third-order valence-corrected chi connectivity index (χ3v) is 6.49. The van der Waals surface area contributed by atoms with Gasteiger partial charge in [-0.25, -0.2) is 0 Å². The van der Waals surface area contributed by atoms with Gasteiger partial charge in [-0.15, -0.1) is 0 Å². The van der Waals surface area contributed by atoms with Crippen LogP contribution < -0.4 is 5.32 Å². The highest BCUT2D eigenvalue weighted by Crippen LogP contribution is 2.54. The first kappa shape index (κ1) is 14.9. The maximum atomic E-state index is 3.85. The summed E-state index contributed by atoms with van der Waals surface area (Å²) in [5, 5.41) is 3.85. The monoisotopic (exact) mass is 277 g/mol. The summed E-state index contributed by atoms with van der Waals surface area (Å²) in [6, 6.07) is 0. The normalized spacial score (nSPS) is 36.5. The molecule has 1 heteroatoms. The zero-order chi connectivity index (χ0) is 14.2. The molecule has 0 amide bonds. The molecule has 0 aliphatic heterocycles. The van der Waals surface area contributed by atoms with Crippen LogP contribution in [-0.4, -0.2) is 12.1 Å². The second-order valence-corrected chi connectivity index (χ2v) is 9.30. The predicted molar refractivity (Wildman–Crippen MR) is 86.8 cm³/mol. The Morgan fingerprint density at radius 1 is 1.00 bits per heavy atom. The summed E-state index contributed by atoms with van der Waals surface area (Å²) in [6.07, 6.45) is 15.2. The van der Waals surface area contributed by atoms with Gasteiger partial charge in [0.2, 0.25) is 0 Å². The Kier molecular flexibility index (Phi) is 4.19. The summed E-state index contributed by atoms with van der Waals surface area (Å²) in [4.78, 5) is 0. The second-order valence-electron chi connectivity index (χ2n) is 9.30. The van der Waals surface area contributed by atoms with Crippen LogP contribution in [-0.2, 0) is 0 Å². The van der Waals surface area contributed by atoms with Crippen LogP contribution in [0.2, 0.25) is 0 Å². The number of hydrogen-bond acceptors (Lipinski definition) is 1. The molecule has 3 atom stereocenters. The molecule has 116 valence electrons. The third-order valence-electron chi connectivity index (χ3n) is 6.49. The molecule has 3 rings (SSSR count). The summed E-state index contributed by atoms with van der Waals surface area (Å²) in [7, 11) is 0. The van der Waals surface area contributed by atoms with E-state index in [0.717, 1.165) is 17.8 Å². The molecule has 0 spiro atoms. The Bertz CT molecular complexity index is 321. The molecule has 0 saturated heterocycles. The van der Waals surface area contributed by atoms with Crippen molar-refractivity contribution in [1.82, 2.24) is 5.32 Å². The highest BCUT2D eigenvalue weighted by molar-refractivity contribution is 4.96. The van der Waals surface area contributed by atoms with Crippen molar-refractivity contribution in [3.05, 3.63) is 0 Å². The summed E-state index contributed by atoms with van der Waals surface area (Å²) >= 11 is 0. The lowest BCUT2D eigenvalue weighted by Crippen LogP contribution is -2.45. The quantitative estimate of drug-likeness (QED) is 0.749. The van der Waals surface area contributed by atoms with Crippen molar-refractivity contribution in [2.75, 3.05) is 6.54 Å². The van der Waals surface area contributed by atoms with Crippen LogP contribution in [0.4, 0.5) is 0 Å². The maximum absolute atomic E-state index is 3.85. The van der Waals surface area contributed by atoms with Crippen molar-refractivity contribution >= 4 is 0 Å². The van der Waals surface area contributed by atoms with E-state index in [1.165, 1.54) is 45.1 Å². The van der Waals surface area contributed by atoms with Gasteiger partial charge in [0.25, 0.3) is 0 Å². The van der Waals surface area contributed by atoms with E-state index in [0.29, 0.717) is 5.41 Å². The lowest BCUT2D eigenvalue weighted by Gasteiger charge is -2.43. The van der Waals surface area contributed by atoms with Crippen molar-refractivity contribution in [1.29, 1.82) is 0 Å². The van der Waals surface area contributed by atoms with Gasteiger partial charge in [-0.1, -0.05) is 25.7 Å². The third kappa shape index (κ3) is 3.40. The maximum Gasteiger partial charge on any atom is 0.00967 e. The highest BCUT2D eigenvalue weighted by atomic mass is 15.0. The van der Waals surface area contributed by atoms with Gasteiger partial charge in [-0.05, 0) is 82.5 Å². The number of hydrogen-bond donors (Lipinski definition) is 1. The molecule has 3 aliphatic rings. The Morgan fingerprint density at radius 2 is 1.75 bits per heavy atom. The molecule has 1 N–H and O–H groups in total. The van der Waals surface area contributed by atoms with Crippen LogP contribution in [0.1, 0.15) is 85.0 Å².